The molecule has 0 spiro atoms. The van der Waals surface area contributed by atoms with Crippen LogP contribution < -0.4 is 10.5 Å². The molecule has 0 radical (unpaired) electrons. The van der Waals surface area contributed by atoms with Crippen LogP contribution >= 0.6 is 11.6 Å². The Hall–Kier alpha value is -1.63. The molecule has 0 aliphatic carbocycles. The smallest absolute Gasteiger partial charge is 0.422 e. The van der Waals surface area contributed by atoms with Crippen molar-refractivity contribution in [3.63, 3.8) is 0 Å². The minimum absolute atomic E-state index is 0.302. The van der Waals surface area contributed by atoms with Crippen molar-refractivity contribution in [3.05, 3.63) is 22.7 Å². The third kappa shape index (κ3) is 3.42. The highest BCUT2D eigenvalue weighted by Crippen LogP contribution is 2.33. The first-order valence-electron chi connectivity index (χ1n) is 4.23. The Balaban J connectivity index is 2.97. The zero-order chi connectivity index (χ0) is 13.2. The number of halogens is 4. The summed E-state index contributed by atoms with van der Waals surface area (Å²) in [6, 6.07) is 2.04. The SMILES string of the molecule is Nc1c(OCC(F)(F)F)ccc(C(=O)O)c1Cl. The van der Waals surface area contributed by atoms with Crippen LogP contribution in [0.2, 0.25) is 5.02 Å². The van der Waals surface area contributed by atoms with Crippen LogP contribution in [0.1, 0.15) is 10.4 Å². The van der Waals surface area contributed by atoms with Crippen LogP contribution in [0.5, 0.6) is 5.75 Å². The van der Waals surface area contributed by atoms with E-state index >= 15 is 0 Å². The van der Waals surface area contributed by atoms with Gasteiger partial charge in [0.1, 0.15) is 5.75 Å². The number of hydrogen-bond donors (Lipinski definition) is 2. The summed E-state index contributed by atoms with van der Waals surface area (Å²) in [6.45, 7) is -1.53. The van der Waals surface area contributed by atoms with Crippen LogP contribution in [0.3, 0.4) is 0 Å². The summed E-state index contributed by atoms with van der Waals surface area (Å²) in [5.41, 5.74) is 4.72. The lowest BCUT2D eigenvalue weighted by Gasteiger charge is -2.12. The molecule has 94 valence electrons. The summed E-state index contributed by atoms with van der Waals surface area (Å²) < 4.78 is 40.1. The maximum absolute atomic E-state index is 11.9. The second kappa shape index (κ2) is 4.70. The van der Waals surface area contributed by atoms with Crippen molar-refractivity contribution in [1.82, 2.24) is 0 Å². The van der Waals surface area contributed by atoms with Gasteiger partial charge in [-0.3, -0.25) is 0 Å². The fraction of sp³-hybridized carbons (Fsp3) is 0.222. The average Bonchev–Trinajstić information content (AvgIpc) is 2.18. The molecule has 0 saturated heterocycles. The molecule has 0 aromatic heterocycles. The van der Waals surface area contributed by atoms with Gasteiger partial charge in [-0.05, 0) is 12.1 Å². The Morgan fingerprint density at radius 1 is 1.47 bits per heavy atom. The largest absolute Gasteiger partial charge is 0.482 e. The molecule has 0 atom stereocenters. The number of alkyl halides is 3. The quantitative estimate of drug-likeness (QED) is 0.827. The maximum Gasteiger partial charge on any atom is 0.422 e. The highest BCUT2D eigenvalue weighted by atomic mass is 35.5. The topological polar surface area (TPSA) is 72.5 Å². The van der Waals surface area contributed by atoms with Crippen molar-refractivity contribution in [3.8, 4) is 5.75 Å². The normalized spacial score (nSPS) is 11.3. The number of carboxylic acid groups (broad SMARTS) is 1. The molecule has 3 N–H and O–H groups in total. The lowest BCUT2D eigenvalue weighted by Crippen LogP contribution is -2.19. The van der Waals surface area contributed by atoms with E-state index in [0.717, 1.165) is 12.1 Å². The summed E-state index contributed by atoms with van der Waals surface area (Å²) in [4.78, 5) is 10.6. The molecular formula is C9H7ClF3NO3. The minimum atomic E-state index is -4.51. The van der Waals surface area contributed by atoms with E-state index < -0.39 is 18.8 Å². The van der Waals surface area contributed by atoms with Gasteiger partial charge in [0.25, 0.3) is 0 Å². The molecule has 1 rings (SSSR count). The Bertz CT molecular complexity index is 448. The molecule has 0 heterocycles. The molecule has 0 fully saturated rings. The predicted octanol–water partition coefficient (Wildman–Crippen LogP) is 2.56. The van der Waals surface area contributed by atoms with Crippen LogP contribution in [0.25, 0.3) is 0 Å². The van der Waals surface area contributed by atoms with Crippen LogP contribution in [-0.2, 0) is 0 Å². The number of rotatable bonds is 3. The van der Waals surface area contributed by atoms with E-state index in [4.69, 9.17) is 22.4 Å². The first-order chi connectivity index (χ1) is 7.72. The number of ether oxygens (including phenoxy) is 1. The minimum Gasteiger partial charge on any atom is -0.482 e. The monoisotopic (exact) mass is 269 g/mol. The molecule has 0 amide bonds. The van der Waals surface area contributed by atoms with E-state index in [9.17, 15) is 18.0 Å². The Morgan fingerprint density at radius 3 is 2.53 bits per heavy atom. The lowest BCUT2D eigenvalue weighted by atomic mass is 10.2. The number of carboxylic acids is 1. The molecule has 0 unspecified atom stereocenters. The summed E-state index contributed by atoms with van der Waals surface area (Å²) in [5.74, 6) is -1.64. The van der Waals surface area contributed by atoms with Gasteiger partial charge in [0.2, 0.25) is 0 Å². The summed E-state index contributed by atoms with van der Waals surface area (Å²) >= 11 is 5.58. The fourth-order valence-electron chi connectivity index (χ4n) is 1.03. The van der Waals surface area contributed by atoms with Gasteiger partial charge in [-0.25, -0.2) is 4.79 Å². The molecule has 1 aromatic rings. The molecule has 4 nitrogen and oxygen atoms in total. The number of benzene rings is 1. The third-order valence-corrected chi connectivity index (χ3v) is 2.17. The van der Waals surface area contributed by atoms with Crippen LogP contribution in [0.4, 0.5) is 18.9 Å². The highest BCUT2D eigenvalue weighted by Gasteiger charge is 2.29. The van der Waals surface area contributed by atoms with Gasteiger partial charge in [-0.2, -0.15) is 13.2 Å². The Labute approximate surface area is 98.7 Å². The van der Waals surface area contributed by atoms with E-state index in [-0.39, 0.29) is 22.0 Å². The standard InChI is InChI=1S/C9H7ClF3NO3/c10-6-4(8(15)16)1-2-5(7(6)14)17-3-9(11,12)13/h1-2H,3,14H2,(H,15,16). The van der Waals surface area contributed by atoms with E-state index in [0.29, 0.717) is 0 Å². The zero-order valence-corrected chi connectivity index (χ0v) is 8.97. The fourth-order valence-corrected chi connectivity index (χ4v) is 1.26. The molecule has 17 heavy (non-hydrogen) atoms. The first-order valence-corrected chi connectivity index (χ1v) is 4.61. The van der Waals surface area contributed by atoms with E-state index in [1.54, 1.807) is 0 Å². The van der Waals surface area contributed by atoms with E-state index in [2.05, 4.69) is 4.74 Å². The molecule has 0 saturated carbocycles. The molecule has 0 aliphatic rings. The highest BCUT2D eigenvalue weighted by molar-refractivity contribution is 6.36. The Kier molecular flexibility index (Phi) is 3.72. The number of hydrogen-bond acceptors (Lipinski definition) is 3. The van der Waals surface area contributed by atoms with Crippen molar-refractivity contribution in [2.24, 2.45) is 0 Å². The van der Waals surface area contributed by atoms with Gasteiger partial charge in [-0.1, -0.05) is 11.6 Å². The molecule has 1 aromatic carbocycles. The molecule has 0 bridgehead atoms. The summed E-state index contributed by atoms with van der Waals surface area (Å²) in [6.07, 6.45) is -4.51. The van der Waals surface area contributed by atoms with Crippen LogP contribution in [0, 0.1) is 0 Å². The number of aromatic carboxylic acids is 1. The van der Waals surface area contributed by atoms with E-state index in [1.807, 2.05) is 0 Å². The molecule has 8 heteroatoms. The molecular weight excluding hydrogens is 263 g/mol. The van der Waals surface area contributed by atoms with Gasteiger partial charge in [0.15, 0.2) is 6.61 Å². The van der Waals surface area contributed by atoms with Crippen molar-refractivity contribution in [2.45, 2.75) is 6.18 Å². The van der Waals surface area contributed by atoms with Gasteiger partial charge >= 0.3 is 12.1 Å². The van der Waals surface area contributed by atoms with Crippen molar-refractivity contribution in [2.75, 3.05) is 12.3 Å². The molecule has 0 aliphatic heterocycles. The summed E-state index contributed by atoms with van der Waals surface area (Å²) in [5, 5.41) is 8.33. The van der Waals surface area contributed by atoms with Gasteiger partial charge in [0.05, 0.1) is 16.3 Å². The van der Waals surface area contributed by atoms with E-state index in [1.165, 1.54) is 0 Å². The van der Waals surface area contributed by atoms with Gasteiger partial charge in [0, 0.05) is 0 Å². The number of carbonyl (C=O) groups is 1. The summed E-state index contributed by atoms with van der Waals surface area (Å²) in [7, 11) is 0. The van der Waals surface area contributed by atoms with Gasteiger partial charge in [-0.15, -0.1) is 0 Å². The van der Waals surface area contributed by atoms with Crippen LogP contribution in [-0.4, -0.2) is 23.9 Å². The predicted molar refractivity (Wildman–Crippen MR) is 54.4 cm³/mol. The van der Waals surface area contributed by atoms with Crippen molar-refractivity contribution in [1.29, 1.82) is 0 Å². The zero-order valence-electron chi connectivity index (χ0n) is 8.21. The number of nitrogens with two attached hydrogens (primary N) is 1. The second-order valence-corrected chi connectivity index (χ2v) is 3.43. The maximum atomic E-state index is 11.9. The lowest BCUT2D eigenvalue weighted by molar-refractivity contribution is -0.153. The van der Waals surface area contributed by atoms with Crippen molar-refractivity contribution < 1.29 is 27.8 Å². The Morgan fingerprint density at radius 2 is 2.06 bits per heavy atom. The third-order valence-electron chi connectivity index (χ3n) is 1.76. The van der Waals surface area contributed by atoms with Crippen LogP contribution in [0.15, 0.2) is 12.1 Å². The van der Waals surface area contributed by atoms with Gasteiger partial charge < -0.3 is 15.6 Å². The van der Waals surface area contributed by atoms with Crippen molar-refractivity contribution >= 4 is 23.3 Å². The second-order valence-electron chi connectivity index (χ2n) is 3.05. The number of anilines is 1. The average molecular weight is 270 g/mol. The first kappa shape index (κ1) is 13.4. The number of nitrogen functional groups attached to an aromatic ring is 1.